The Balaban J connectivity index is 1.83. The van der Waals surface area contributed by atoms with Crippen LogP contribution in [0.4, 0.5) is 0 Å². The summed E-state index contributed by atoms with van der Waals surface area (Å²) < 4.78 is 39.0. The highest BCUT2D eigenvalue weighted by molar-refractivity contribution is 9.10. The minimum Gasteiger partial charge on any atom is -0.383 e. The third kappa shape index (κ3) is 5.47. The zero-order chi connectivity index (χ0) is 21.7. The molecule has 2 aromatic rings. The van der Waals surface area contributed by atoms with Gasteiger partial charge in [0, 0.05) is 24.7 Å². The molecule has 2 atom stereocenters. The third-order valence-corrected chi connectivity index (χ3v) is 6.95. The summed E-state index contributed by atoms with van der Waals surface area (Å²) in [6.45, 7) is 3.15. The second-order valence-corrected chi connectivity index (χ2v) is 9.71. The number of methoxy groups -OCH3 is 1. The summed E-state index contributed by atoms with van der Waals surface area (Å²) in [4.78, 5) is 15.0. The smallest absolute Gasteiger partial charge is 0.255 e. The average molecular weight is 497 g/mol. The molecule has 0 aliphatic carbocycles. The van der Waals surface area contributed by atoms with Gasteiger partial charge in [0.2, 0.25) is 10.0 Å². The number of ether oxygens (including phenoxy) is 2. The molecule has 1 aliphatic rings. The highest BCUT2D eigenvalue weighted by Gasteiger charge is 2.31. The largest absolute Gasteiger partial charge is 0.383 e. The van der Waals surface area contributed by atoms with E-state index in [1.807, 2.05) is 37.3 Å². The molecule has 1 heterocycles. The minimum absolute atomic E-state index is 0.0334. The van der Waals surface area contributed by atoms with Crippen molar-refractivity contribution in [1.82, 2.24) is 9.62 Å². The van der Waals surface area contributed by atoms with E-state index in [-0.39, 0.29) is 36.2 Å². The number of nitrogens with zero attached hydrogens (tertiary/aromatic N) is 1. The van der Waals surface area contributed by atoms with E-state index in [2.05, 4.69) is 20.7 Å². The number of hydrogen-bond donors (Lipinski definition) is 1. The van der Waals surface area contributed by atoms with Gasteiger partial charge in [-0.3, -0.25) is 4.79 Å². The summed E-state index contributed by atoms with van der Waals surface area (Å²) in [7, 11) is -2.25. The Bertz CT molecular complexity index is 984. The van der Waals surface area contributed by atoms with E-state index in [4.69, 9.17) is 9.47 Å². The van der Waals surface area contributed by atoms with E-state index in [9.17, 15) is 13.2 Å². The number of nitrogens with one attached hydrogen (secondary N) is 1. The van der Waals surface area contributed by atoms with Gasteiger partial charge in [-0.1, -0.05) is 30.3 Å². The Morgan fingerprint density at radius 1 is 1.23 bits per heavy atom. The van der Waals surface area contributed by atoms with Crippen LogP contribution in [-0.2, 0) is 19.5 Å². The number of carbonyl (C=O) groups is 1. The fourth-order valence-electron chi connectivity index (χ4n) is 3.34. The molecule has 1 N–H and O–H groups in total. The van der Waals surface area contributed by atoms with Crippen LogP contribution in [0.5, 0.6) is 0 Å². The fourth-order valence-corrected chi connectivity index (χ4v) is 4.79. The number of halogens is 1. The molecule has 0 bridgehead atoms. The number of benzene rings is 2. The normalized spacial score (nSPS) is 19.6. The van der Waals surface area contributed by atoms with Crippen molar-refractivity contribution < 1.29 is 22.7 Å². The van der Waals surface area contributed by atoms with Gasteiger partial charge in [-0.2, -0.15) is 0 Å². The maximum Gasteiger partial charge on any atom is 0.255 e. The van der Waals surface area contributed by atoms with E-state index in [1.165, 1.54) is 19.2 Å². The first-order valence-electron chi connectivity index (χ1n) is 9.59. The first-order chi connectivity index (χ1) is 14.3. The molecular formula is C21H25BrN2O5S. The van der Waals surface area contributed by atoms with Crippen molar-refractivity contribution in [3.8, 4) is 0 Å². The van der Waals surface area contributed by atoms with Crippen LogP contribution >= 0.6 is 15.9 Å². The lowest BCUT2D eigenvalue weighted by molar-refractivity contribution is -0.0692. The highest BCUT2D eigenvalue weighted by Crippen LogP contribution is 2.28. The van der Waals surface area contributed by atoms with Gasteiger partial charge in [0.15, 0.2) is 0 Å². The van der Waals surface area contributed by atoms with Crippen LogP contribution in [0, 0.1) is 0 Å². The summed E-state index contributed by atoms with van der Waals surface area (Å²) in [6.07, 6.45) is -0.380. The van der Waals surface area contributed by atoms with Gasteiger partial charge >= 0.3 is 0 Å². The molecule has 0 radical (unpaired) electrons. The Labute approximate surface area is 185 Å². The molecule has 2 aromatic carbocycles. The molecule has 2 unspecified atom stereocenters. The van der Waals surface area contributed by atoms with Gasteiger partial charge in [-0.15, -0.1) is 0 Å². The predicted octanol–water partition coefficient (Wildman–Crippen LogP) is 2.98. The quantitative estimate of drug-likeness (QED) is 0.595. The third-order valence-electron chi connectivity index (χ3n) is 4.80. The van der Waals surface area contributed by atoms with E-state index in [0.717, 1.165) is 5.56 Å². The van der Waals surface area contributed by atoms with Crippen LogP contribution in [0.2, 0.25) is 0 Å². The Kier molecular flexibility index (Phi) is 7.65. The molecule has 30 heavy (non-hydrogen) atoms. The highest BCUT2D eigenvalue weighted by atomic mass is 79.9. The van der Waals surface area contributed by atoms with Crippen molar-refractivity contribution in [2.75, 3.05) is 33.4 Å². The van der Waals surface area contributed by atoms with Gasteiger partial charge in [-0.05, 0) is 46.6 Å². The maximum absolute atomic E-state index is 13.3. The SMILES string of the molecule is COCCNS(=O)(=O)c1ccc(Br)c(C(=O)N2CC(C)OC(c3ccccc3)C2)c1. The van der Waals surface area contributed by atoms with Crippen molar-refractivity contribution in [3.05, 3.63) is 64.1 Å². The molecule has 0 spiro atoms. The maximum atomic E-state index is 13.3. The number of hydrogen-bond acceptors (Lipinski definition) is 5. The topological polar surface area (TPSA) is 84.9 Å². The van der Waals surface area contributed by atoms with E-state index in [1.54, 1.807) is 11.0 Å². The standard InChI is InChI=1S/C21H25BrN2O5S/c1-15-13-24(14-20(29-15)16-6-4-3-5-7-16)21(25)18-12-17(8-9-19(18)22)30(26,27)23-10-11-28-2/h3-9,12,15,20,23H,10-11,13-14H2,1-2H3. The van der Waals surface area contributed by atoms with Crippen molar-refractivity contribution in [3.63, 3.8) is 0 Å². The van der Waals surface area contributed by atoms with Crippen LogP contribution in [-0.4, -0.2) is 58.7 Å². The Morgan fingerprint density at radius 2 is 1.97 bits per heavy atom. The molecule has 1 aliphatic heterocycles. The van der Waals surface area contributed by atoms with E-state index < -0.39 is 10.0 Å². The van der Waals surface area contributed by atoms with Crippen molar-refractivity contribution in [1.29, 1.82) is 0 Å². The molecule has 9 heteroatoms. The van der Waals surface area contributed by atoms with Gasteiger partial charge < -0.3 is 14.4 Å². The first kappa shape index (κ1) is 22.9. The van der Waals surface area contributed by atoms with E-state index >= 15 is 0 Å². The van der Waals surface area contributed by atoms with Gasteiger partial charge in [-0.25, -0.2) is 13.1 Å². The summed E-state index contributed by atoms with van der Waals surface area (Å²) in [6, 6.07) is 14.2. The summed E-state index contributed by atoms with van der Waals surface area (Å²) in [5, 5.41) is 0. The van der Waals surface area contributed by atoms with Crippen LogP contribution in [0.25, 0.3) is 0 Å². The van der Waals surface area contributed by atoms with Crippen LogP contribution in [0.3, 0.4) is 0 Å². The summed E-state index contributed by atoms with van der Waals surface area (Å²) >= 11 is 3.39. The molecular weight excluding hydrogens is 472 g/mol. The molecule has 0 saturated carbocycles. The molecule has 3 rings (SSSR count). The van der Waals surface area contributed by atoms with Crippen LogP contribution in [0.1, 0.15) is 28.9 Å². The van der Waals surface area contributed by atoms with Gasteiger partial charge in [0.25, 0.3) is 5.91 Å². The molecule has 162 valence electrons. The molecule has 0 aromatic heterocycles. The van der Waals surface area contributed by atoms with Crippen molar-refractivity contribution in [2.45, 2.75) is 24.0 Å². The minimum atomic E-state index is -3.75. The lowest BCUT2D eigenvalue weighted by Gasteiger charge is -2.37. The fraction of sp³-hybridized carbons (Fsp3) is 0.381. The number of amides is 1. The van der Waals surface area contributed by atoms with Crippen LogP contribution < -0.4 is 4.72 Å². The molecule has 1 fully saturated rings. The first-order valence-corrected chi connectivity index (χ1v) is 11.9. The van der Waals surface area contributed by atoms with Crippen LogP contribution in [0.15, 0.2) is 57.9 Å². The van der Waals surface area contributed by atoms with Crippen molar-refractivity contribution in [2.24, 2.45) is 0 Å². The monoisotopic (exact) mass is 496 g/mol. The lowest BCUT2D eigenvalue weighted by Crippen LogP contribution is -2.46. The predicted molar refractivity (Wildman–Crippen MR) is 117 cm³/mol. The second-order valence-electron chi connectivity index (χ2n) is 7.09. The Morgan fingerprint density at radius 3 is 2.67 bits per heavy atom. The second kappa shape index (κ2) is 10.0. The molecule has 7 nitrogen and oxygen atoms in total. The van der Waals surface area contributed by atoms with Gasteiger partial charge in [0.05, 0.1) is 29.7 Å². The molecule has 1 saturated heterocycles. The number of morpholine rings is 1. The number of sulfonamides is 1. The summed E-state index contributed by atoms with van der Waals surface area (Å²) in [5.41, 5.74) is 1.30. The van der Waals surface area contributed by atoms with E-state index in [0.29, 0.717) is 23.1 Å². The zero-order valence-corrected chi connectivity index (χ0v) is 19.3. The zero-order valence-electron chi connectivity index (χ0n) is 16.9. The van der Waals surface area contributed by atoms with Crippen molar-refractivity contribution >= 4 is 31.9 Å². The molecule has 1 amide bonds. The number of rotatable bonds is 7. The lowest BCUT2D eigenvalue weighted by atomic mass is 10.1. The van der Waals surface area contributed by atoms with Gasteiger partial charge in [0.1, 0.15) is 6.10 Å². The summed E-state index contributed by atoms with van der Waals surface area (Å²) in [5.74, 6) is -0.244. The average Bonchev–Trinajstić information content (AvgIpc) is 2.73. The number of carbonyl (C=O) groups excluding carboxylic acids is 1. The Hall–Kier alpha value is -1.78.